The number of fused-ring (bicyclic) bond motifs is 1. The molecule has 4 rings (SSSR count). The van der Waals surface area contributed by atoms with Gasteiger partial charge in [0.25, 0.3) is 0 Å². The van der Waals surface area contributed by atoms with Crippen molar-refractivity contribution in [1.29, 1.82) is 0 Å². The second kappa shape index (κ2) is 7.61. The average Bonchev–Trinajstić information content (AvgIpc) is 3.37. The Morgan fingerprint density at radius 2 is 2.07 bits per heavy atom. The SMILES string of the molecule is Cn1nc(CN(Cc2ccco2)C(=O)Cc2ccccc2Cl)c2c1CCC2. The quantitative estimate of drug-likeness (QED) is 0.648. The maximum absolute atomic E-state index is 13.1. The number of nitrogens with zero attached hydrogens (tertiary/aromatic N) is 3. The largest absolute Gasteiger partial charge is 0.467 e. The van der Waals surface area contributed by atoms with Crippen LogP contribution in [-0.4, -0.2) is 20.6 Å². The van der Waals surface area contributed by atoms with Gasteiger partial charge in [-0.1, -0.05) is 29.8 Å². The van der Waals surface area contributed by atoms with Crippen LogP contribution in [0.25, 0.3) is 0 Å². The molecule has 1 aromatic carbocycles. The molecule has 3 aromatic rings. The van der Waals surface area contributed by atoms with Crippen LogP contribution in [0.4, 0.5) is 0 Å². The highest BCUT2D eigenvalue weighted by molar-refractivity contribution is 6.31. The number of halogens is 1. The summed E-state index contributed by atoms with van der Waals surface area (Å²) in [4.78, 5) is 14.9. The van der Waals surface area contributed by atoms with Crippen LogP contribution in [0, 0.1) is 0 Å². The molecule has 2 heterocycles. The third-order valence-corrected chi connectivity index (χ3v) is 5.49. The Bertz CT molecular complexity index is 946. The molecule has 0 saturated heterocycles. The predicted molar refractivity (Wildman–Crippen MR) is 103 cm³/mol. The number of hydrogen-bond donors (Lipinski definition) is 0. The minimum atomic E-state index is 0.0110. The zero-order valence-corrected chi connectivity index (χ0v) is 16.1. The number of aryl methyl sites for hydroxylation is 1. The van der Waals surface area contributed by atoms with Crippen molar-refractivity contribution in [2.24, 2.45) is 7.05 Å². The van der Waals surface area contributed by atoms with Crippen molar-refractivity contribution in [3.05, 3.63) is 76.0 Å². The summed E-state index contributed by atoms with van der Waals surface area (Å²) in [7, 11) is 1.98. The molecular formula is C21H22ClN3O2. The molecule has 1 aliphatic carbocycles. The second-order valence-electron chi connectivity index (χ2n) is 6.95. The minimum Gasteiger partial charge on any atom is -0.467 e. The maximum Gasteiger partial charge on any atom is 0.227 e. The van der Waals surface area contributed by atoms with Crippen molar-refractivity contribution in [3.63, 3.8) is 0 Å². The van der Waals surface area contributed by atoms with Gasteiger partial charge < -0.3 is 9.32 Å². The van der Waals surface area contributed by atoms with Gasteiger partial charge >= 0.3 is 0 Å². The Kier molecular flexibility index (Phi) is 5.03. The van der Waals surface area contributed by atoms with E-state index >= 15 is 0 Å². The molecule has 2 aromatic heterocycles. The van der Waals surface area contributed by atoms with Gasteiger partial charge in [-0.2, -0.15) is 5.10 Å². The summed E-state index contributed by atoms with van der Waals surface area (Å²) in [6.07, 6.45) is 5.14. The third-order valence-electron chi connectivity index (χ3n) is 5.12. The zero-order chi connectivity index (χ0) is 18.8. The highest BCUT2D eigenvalue weighted by Crippen LogP contribution is 2.26. The van der Waals surface area contributed by atoms with Crippen molar-refractivity contribution in [2.75, 3.05) is 0 Å². The van der Waals surface area contributed by atoms with Gasteiger partial charge in [0.1, 0.15) is 5.76 Å². The second-order valence-corrected chi connectivity index (χ2v) is 7.35. The van der Waals surface area contributed by atoms with E-state index in [0.29, 0.717) is 18.1 Å². The van der Waals surface area contributed by atoms with Gasteiger partial charge in [0, 0.05) is 17.8 Å². The van der Waals surface area contributed by atoms with Gasteiger partial charge in [0.2, 0.25) is 5.91 Å². The van der Waals surface area contributed by atoms with E-state index < -0.39 is 0 Å². The first-order valence-corrected chi connectivity index (χ1v) is 9.57. The summed E-state index contributed by atoms with van der Waals surface area (Å²) in [5.74, 6) is 0.770. The molecule has 0 bridgehead atoms. The van der Waals surface area contributed by atoms with E-state index in [0.717, 1.165) is 36.3 Å². The normalized spacial score (nSPS) is 13.0. The van der Waals surface area contributed by atoms with Crippen LogP contribution in [-0.2, 0) is 44.2 Å². The van der Waals surface area contributed by atoms with Crippen LogP contribution in [0.1, 0.15) is 34.7 Å². The fourth-order valence-electron chi connectivity index (χ4n) is 3.74. The first-order valence-electron chi connectivity index (χ1n) is 9.19. The lowest BCUT2D eigenvalue weighted by Crippen LogP contribution is -2.32. The van der Waals surface area contributed by atoms with E-state index in [1.54, 1.807) is 6.26 Å². The number of carbonyl (C=O) groups excluding carboxylic acids is 1. The third kappa shape index (κ3) is 3.78. The van der Waals surface area contributed by atoms with E-state index in [4.69, 9.17) is 16.0 Å². The molecule has 0 aliphatic heterocycles. The van der Waals surface area contributed by atoms with Gasteiger partial charge in [-0.05, 0) is 48.6 Å². The molecule has 140 valence electrons. The van der Waals surface area contributed by atoms with E-state index in [1.807, 2.05) is 53.0 Å². The molecule has 1 amide bonds. The molecule has 27 heavy (non-hydrogen) atoms. The lowest BCUT2D eigenvalue weighted by molar-refractivity contribution is -0.132. The summed E-state index contributed by atoms with van der Waals surface area (Å²) < 4.78 is 7.44. The summed E-state index contributed by atoms with van der Waals surface area (Å²) in [6.45, 7) is 0.898. The molecule has 5 nitrogen and oxygen atoms in total. The molecule has 1 aliphatic rings. The minimum absolute atomic E-state index is 0.0110. The first kappa shape index (κ1) is 17.9. The number of rotatable bonds is 6. The average molecular weight is 384 g/mol. The van der Waals surface area contributed by atoms with Gasteiger partial charge in [-0.15, -0.1) is 0 Å². The fraction of sp³-hybridized carbons (Fsp3) is 0.333. The zero-order valence-electron chi connectivity index (χ0n) is 15.3. The maximum atomic E-state index is 13.1. The van der Waals surface area contributed by atoms with Crippen LogP contribution in [0.2, 0.25) is 5.02 Å². The fourth-order valence-corrected chi connectivity index (χ4v) is 3.95. The van der Waals surface area contributed by atoms with Crippen LogP contribution >= 0.6 is 11.6 Å². The standard InChI is InChI=1S/C21H22ClN3O2/c1-24-20-10-4-8-17(20)19(23-24)14-25(13-16-7-5-11-27-16)21(26)12-15-6-2-3-9-18(15)22/h2-3,5-7,9,11H,4,8,10,12-14H2,1H3. The Balaban J connectivity index is 1.58. The van der Waals surface area contributed by atoms with Gasteiger partial charge in [0.05, 0.1) is 31.5 Å². The van der Waals surface area contributed by atoms with Gasteiger partial charge in [-0.25, -0.2) is 0 Å². The Labute approximate surface area is 163 Å². The lowest BCUT2D eigenvalue weighted by atomic mass is 10.1. The van der Waals surface area contributed by atoms with Gasteiger partial charge in [0.15, 0.2) is 0 Å². The van der Waals surface area contributed by atoms with Gasteiger partial charge in [-0.3, -0.25) is 9.48 Å². The summed E-state index contributed by atoms with van der Waals surface area (Å²) in [6, 6.07) is 11.2. The molecule has 0 spiro atoms. The molecule has 0 radical (unpaired) electrons. The molecule has 0 unspecified atom stereocenters. The van der Waals surface area contributed by atoms with Crippen LogP contribution in [0.3, 0.4) is 0 Å². The highest BCUT2D eigenvalue weighted by Gasteiger charge is 2.25. The monoisotopic (exact) mass is 383 g/mol. The number of furan rings is 1. The summed E-state index contributed by atoms with van der Waals surface area (Å²) >= 11 is 6.25. The molecule has 0 saturated carbocycles. The van der Waals surface area contributed by atoms with E-state index in [9.17, 15) is 4.79 Å². The van der Waals surface area contributed by atoms with Crippen LogP contribution in [0.5, 0.6) is 0 Å². The number of hydrogen-bond acceptors (Lipinski definition) is 3. The number of aromatic nitrogens is 2. The molecule has 0 fully saturated rings. The van der Waals surface area contributed by atoms with Crippen LogP contribution in [0.15, 0.2) is 47.1 Å². The predicted octanol–water partition coefficient (Wildman–Crippen LogP) is 3.93. The summed E-state index contributed by atoms with van der Waals surface area (Å²) in [5, 5.41) is 5.29. The van der Waals surface area contributed by atoms with E-state index in [2.05, 4.69) is 5.10 Å². The number of benzene rings is 1. The summed E-state index contributed by atoms with van der Waals surface area (Å²) in [5.41, 5.74) is 4.41. The lowest BCUT2D eigenvalue weighted by Gasteiger charge is -2.21. The number of carbonyl (C=O) groups is 1. The van der Waals surface area contributed by atoms with E-state index in [-0.39, 0.29) is 12.3 Å². The highest BCUT2D eigenvalue weighted by atomic mass is 35.5. The van der Waals surface area contributed by atoms with Crippen molar-refractivity contribution in [2.45, 2.75) is 38.8 Å². The first-order chi connectivity index (χ1) is 13.1. The molecular weight excluding hydrogens is 362 g/mol. The Morgan fingerprint density at radius 1 is 1.22 bits per heavy atom. The topological polar surface area (TPSA) is 51.3 Å². The van der Waals surface area contributed by atoms with E-state index in [1.165, 1.54) is 11.3 Å². The molecule has 6 heteroatoms. The van der Waals surface area contributed by atoms with Crippen molar-refractivity contribution < 1.29 is 9.21 Å². The molecule has 0 N–H and O–H groups in total. The van der Waals surface area contributed by atoms with Crippen molar-refractivity contribution in [3.8, 4) is 0 Å². The Hall–Kier alpha value is -2.53. The van der Waals surface area contributed by atoms with Crippen molar-refractivity contribution in [1.82, 2.24) is 14.7 Å². The van der Waals surface area contributed by atoms with Crippen LogP contribution < -0.4 is 0 Å². The number of amides is 1. The molecule has 0 atom stereocenters. The Morgan fingerprint density at radius 3 is 2.85 bits per heavy atom. The smallest absolute Gasteiger partial charge is 0.227 e. The van der Waals surface area contributed by atoms with Crippen molar-refractivity contribution >= 4 is 17.5 Å².